The van der Waals surface area contributed by atoms with E-state index in [1.165, 1.54) is 36.8 Å². The lowest BCUT2D eigenvalue weighted by atomic mass is 9.90. The molecule has 1 aromatic carbocycles. The van der Waals surface area contributed by atoms with E-state index in [1.807, 2.05) is 0 Å². The number of ether oxygens (including phenoxy) is 1. The third kappa shape index (κ3) is 4.28. The van der Waals surface area contributed by atoms with Crippen LogP contribution in [0, 0.1) is 5.92 Å². The minimum atomic E-state index is -4.47. The summed E-state index contributed by atoms with van der Waals surface area (Å²) in [5.41, 5.74) is -0.561. The second kappa shape index (κ2) is 7.93. The average Bonchev–Trinajstić information content (AvgIpc) is 3.38. The van der Waals surface area contributed by atoms with Gasteiger partial charge in [-0.15, -0.1) is 0 Å². The normalized spacial score (nSPS) is 15.0. The Hall–Kier alpha value is -3.00. The van der Waals surface area contributed by atoms with E-state index in [4.69, 9.17) is 13.6 Å². The van der Waals surface area contributed by atoms with Crippen molar-refractivity contribution in [2.45, 2.75) is 25.3 Å². The number of aliphatic hydroxyl groups is 1. The van der Waals surface area contributed by atoms with Gasteiger partial charge in [0.15, 0.2) is 6.10 Å². The second-order valence-corrected chi connectivity index (χ2v) is 6.24. The SMILES string of the molecule is C[C@@H]([C@H](O)c1ccc(C(F)(F)F)cc1)[C@H](OC(=O)c1ccco1)c1ccco1. The van der Waals surface area contributed by atoms with Gasteiger partial charge in [0.1, 0.15) is 5.76 Å². The quantitative estimate of drug-likeness (QED) is 0.585. The van der Waals surface area contributed by atoms with Crippen molar-refractivity contribution in [2.24, 2.45) is 5.92 Å². The monoisotopic (exact) mass is 394 g/mol. The fourth-order valence-corrected chi connectivity index (χ4v) is 2.78. The molecule has 0 fully saturated rings. The Kier molecular flexibility index (Phi) is 5.60. The van der Waals surface area contributed by atoms with Crippen LogP contribution in [0.5, 0.6) is 0 Å². The van der Waals surface area contributed by atoms with Crippen LogP contribution in [0.2, 0.25) is 0 Å². The zero-order chi connectivity index (χ0) is 20.3. The van der Waals surface area contributed by atoms with E-state index in [9.17, 15) is 23.1 Å². The van der Waals surface area contributed by atoms with Crippen LogP contribution in [0.1, 0.15) is 46.6 Å². The van der Waals surface area contributed by atoms with Crippen LogP contribution in [0.3, 0.4) is 0 Å². The molecule has 3 atom stereocenters. The first-order valence-corrected chi connectivity index (χ1v) is 8.40. The maximum Gasteiger partial charge on any atom is 0.416 e. The molecule has 8 heteroatoms. The summed E-state index contributed by atoms with van der Waals surface area (Å²) in [5, 5.41) is 10.7. The first-order valence-electron chi connectivity index (χ1n) is 8.40. The van der Waals surface area contributed by atoms with Crippen molar-refractivity contribution in [3.8, 4) is 0 Å². The van der Waals surface area contributed by atoms with Gasteiger partial charge in [-0.1, -0.05) is 19.1 Å². The summed E-state index contributed by atoms with van der Waals surface area (Å²) in [6.45, 7) is 1.60. The topological polar surface area (TPSA) is 72.8 Å². The summed E-state index contributed by atoms with van der Waals surface area (Å²) < 4.78 is 54.0. The molecular formula is C20H17F3O5. The molecule has 0 radical (unpaired) electrons. The molecule has 0 saturated carbocycles. The molecule has 3 rings (SSSR count). The number of alkyl halides is 3. The van der Waals surface area contributed by atoms with E-state index in [0.29, 0.717) is 5.76 Å². The van der Waals surface area contributed by atoms with Crippen molar-refractivity contribution in [3.05, 3.63) is 83.7 Å². The summed E-state index contributed by atoms with van der Waals surface area (Å²) in [4.78, 5) is 12.3. The van der Waals surface area contributed by atoms with Crippen molar-refractivity contribution in [3.63, 3.8) is 0 Å². The van der Waals surface area contributed by atoms with Crippen LogP contribution in [-0.2, 0) is 10.9 Å². The van der Waals surface area contributed by atoms with Crippen LogP contribution in [0.15, 0.2) is 69.9 Å². The third-order valence-electron chi connectivity index (χ3n) is 4.34. The van der Waals surface area contributed by atoms with Gasteiger partial charge in [-0.2, -0.15) is 13.2 Å². The van der Waals surface area contributed by atoms with Gasteiger partial charge in [-0.05, 0) is 42.0 Å². The van der Waals surface area contributed by atoms with Gasteiger partial charge in [0, 0.05) is 5.92 Å². The van der Waals surface area contributed by atoms with Crippen molar-refractivity contribution < 1.29 is 36.6 Å². The number of rotatable bonds is 6. The molecule has 5 nitrogen and oxygen atoms in total. The molecule has 3 aromatic rings. The number of aliphatic hydroxyl groups excluding tert-OH is 1. The summed E-state index contributed by atoms with van der Waals surface area (Å²) >= 11 is 0. The lowest BCUT2D eigenvalue weighted by Crippen LogP contribution is -2.23. The van der Waals surface area contributed by atoms with E-state index in [1.54, 1.807) is 19.1 Å². The van der Waals surface area contributed by atoms with Crippen molar-refractivity contribution in [1.29, 1.82) is 0 Å². The third-order valence-corrected chi connectivity index (χ3v) is 4.34. The van der Waals surface area contributed by atoms with Gasteiger partial charge < -0.3 is 18.7 Å². The molecule has 2 aromatic heterocycles. The first-order chi connectivity index (χ1) is 13.3. The molecule has 0 aliphatic rings. The summed E-state index contributed by atoms with van der Waals surface area (Å²) in [7, 11) is 0. The Labute approximate surface area is 158 Å². The molecule has 0 bridgehead atoms. The maximum atomic E-state index is 12.7. The van der Waals surface area contributed by atoms with Gasteiger partial charge in [0.05, 0.1) is 24.2 Å². The summed E-state index contributed by atoms with van der Waals surface area (Å²) in [6, 6.07) is 10.3. The Bertz CT molecular complexity index is 883. The number of benzene rings is 1. The highest BCUT2D eigenvalue weighted by atomic mass is 19.4. The number of hydrogen-bond acceptors (Lipinski definition) is 5. The number of halogens is 3. The standard InChI is InChI=1S/C20H17F3O5/c1-12(17(24)13-6-8-14(9-7-13)20(21,22)23)18(15-4-2-10-26-15)28-19(25)16-5-3-11-27-16/h2-12,17-18,24H,1H3/t12-,17-,18-/m0/s1. The highest BCUT2D eigenvalue weighted by Gasteiger charge is 2.34. The Morgan fingerprint density at radius 2 is 1.68 bits per heavy atom. The minimum Gasteiger partial charge on any atom is -0.465 e. The highest BCUT2D eigenvalue weighted by Crippen LogP contribution is 2.37. The van der Waals surface area contributed by atoms with E-state index < -0.39 is 35.8 Å². The van der Waals surface area contributed by atoms with Gasteiger partial charge in [0.25, 0.3) is 0 Å². The Morgan fingerprint density at radius 3 is 2.21 bits per heavy atom. The number of hydrogen-bond donors (Lipinski definition) is 1. The zero-order valence-electron chi connectivity index (χ0n) is 14.7. The number of furan rings is 2. The van der Waals surface area contributed by atoms with Crippen LogP contribution in [0.25, 0.3) is 0 Å². The minimum absolute atomic E-state index is 0.0206. The summed E-state index contributed by atoms with van der Waals surface area (Å²) in [5.74, 6) is -1.20. The Morgan fingerprint density at radius 1 is 1.04 bits per heavy atom. The maximum absolute atomic E-state index is 12.7. The van der Waals surface area contributed by atoms with Gasteiger partial charge >= 0.3 is 12.1 Å². The molecule has 0 unspecified atom stereocenters. The number of carbonyl (C=O) groups excluding carboxylic acids is 1. The van der Waals surface area contributed by atoms with Crippen molar-refractivity contribution in [2.75, 3.05) is 0 Å². The van der Waals surface area contributed by atoms with E-state index in [-0.39, 0.29) is 11.3 Å². The lowest BCUT2D eigenvalue weighted by Gasteiger charge is -2.26. The first kappa shape index (κ1) is 19.8. The van der Waals surface area contributed by atoms with Crippen LogP contribution in [0.4, 0.5) is 13.2 Å². The van der Waals surface area contributed by atoms with Crippen molar-refractivity contribution in [1.82, 2.24) is 0 Å². The van der Waals surface area contributed by atoms with Crippen molar-refractivity contribution >= 4 is 5.97 Å². The predicted octanol–water partition coefficient (Wildman–Crippen LogP) is 5.16. The molecule has 28 heavy (non-hydrogen) atoms. The average molecular weight is 394 g/mol. The molecule has 0 aliphatic heterocycles. The fraction of sp³-hybridized carbons (Fsp3) is 0.250. The molecule has 2 heterocycles. The molecule has 0 amide bonds. The number of carbonyl (C=O) groups is 1. The zero-order valence-corrected chi connectivity index (χ0v) is 14.7. The van der Waals surface area contributed by atoms with Crippen LogP contribution in [-0.4, -0.2) is 11.1 Å². The molecule has 0 saturated heterocycles. The predicted molar refractivity (Wildman–Crippen MR) is 91.1 cm³/mol. The fourth-order valence-electron chi connectivity index (χ4n) is 2.78. The Balaban J connectivity index is 1.82. The molecule has 0 aliphatic carbocycles. The number of esters is 1. The summed E-state index contributed by atoms with van der Waals surface area (Å²) in [6.07, 6.45) is -3.95. The lowest BCUT2D eigenvalue weighted by molar-refractivity contribution is -0.137. The largest absolute Gasteiger partial charge is 0.465 e. The molecular weight excluding hydrogens is 377 g/mol. The molecule has 0 spiro atoms. The molecule has 1 N–H and O–H groups in total. The van der Waals surface area contributed by atoms with Gasteiger partial charge in [-0.25, -0.2) is 4.79 Å². The van der Waals surface area contributed by atoms with Crippen LogP contribution < -0.4 is 0 Å². The van der Waals surface area contributed by atoms with Crippen LogP contribution >= 0.6 is 0 Å². The second-order valence-electron chi connectivity index (χ2n) is 6.24. The highest BCUT2D eigenvalue weighted by molar-refractivity contribution is 5.86. The van der Waals surface area contributed by atoms with E-state index >= 15 is 0 Å². The smallest absolute Gasteiger partial charge is 0.416 e. The molecule has 148 valence electrons. The van der Waals surface area contributed by atoms with Gasteiger partial charge in [0.2, 0.25) is 5.76 Å². The van der Waals surface area contributed by atoms with E-state index in [0.717, 1.165) is 12.1 Å². The van der Waals surface area contributed by atoms with E-state index in [2.05, 4.69) is 0 Å². The van der Waals surface area contributed by atoms with Gasteiger partial charge in [-0.3, -0.25) is 0 Å².